The summed E-state index contributed by atoms with van der Waals surface area (Å²) < 4.78 is 42.4. The minimum absolute atomic E-state index is 0.0489. The van der Waals surface area contributed by atoms with E-state index in [1.54, 1.807) is 18.4 Å². The number of rotatable bonds is 7. The van der Waals surface area contributed by atoms with E-state index < -0.39 is 12.8 Å². The third kappa shape index (κ3) is 4.46. The lowest BCUT2D eigenvalue weighted by Crippen LogP contribution is -2.30. The Labute approximate surface area is 118 Å². The van der Waals surface area contributed by atoms with Crippen LogP contribution in [0.15, 0.2) is 17.8 Å². The number of thiazole rings is 1. The smallest absolute Gasteiger partial charge is 0.372 e. The Morgan fingerprint density at radius 3 is 2.95 bits per heavy atom. The number of ether oxygens (including phenoxy) is 1. The lowest BCUT2D eigenvalue weighted by atomic mass is 10.1. The van der Waals surface area contributed by atoms with Crippen molar-refractivity contribution in [2.75, 3.05) is 20.3 Å². The SMILES string of the molecule is CNC(CCOCC(F)(F)F)Cc1cn2ccsc2n1. The van der Waals surface area contributed by atoms with Crippen LogP contribution in [-0.4, -0.2) is 41.9 Å². The van der Waals surface area contributed by atoms with Crippen LogP contribution in [-0.2, 0) is 11.2 Å². The molecule has 0 aliphatic rings. The molecule has 2 heterocycles. The molecule has 2 aromatic heterocycles. The van der Waals surface area contributed by atoms with Gasteiger partial charge in [0, 0.05) is 36.8 Å². The van der Waals surface area contributed by atoms with Gasteiger partial charge in [0.1, 0.15) is 6.61 Å². The normalized spacial score (nSPS) is 14.0. The van der Waals surface area contributed by atoms with Crippen molar-refractivity contribution in [3.8, 4) is 0 Å². The maximum atomic E-state index is 11.9. The van der Waals surface area contributed by atoms with Crippen molar-refractivity contribution in [1.82, 2.24) is 14.7 Å². The zero-order valence-corrected chi connectivity index (χ0v) is 11.8. The lowest BCUT2D eigenvalue weighted by Gasteiger charge is -2.15. The third-order valence-electron chi connectivity index (χ3n) is 2.88. The van der Waals surface area contributed by atoms with Crippen molar-refractivity contribution >= 4 is 16.3 Å². The highest BCUT2D eigenvalue weighted by Gasteiger charge is 2.27. The second-order valence-electron chi connectivity index (χ2n) is 4.47. The maximum Gasteiger partial charge on any atom is 0.411 e. The number of fused-ring (bicyclic) bond motifs is 1. The standard InChI is InChI=1S/C12H16F3N3OS/c1-16-9(2-4-19-8-12(13,14)15)6-10-7-18-3-5-20-11(18)17-10/h3,5,7,9,16H,2,4,6,8H2,1H3. The summed E-state index contributed by atoms with van der Waals surface area (Å²) in [5.74, 6) is 0. The van der Waals surface area contributed by atoms with Crippen LogP contribution in [0.25, 0.3) is 4.96 Å². The minimum Gasteiger partial charge on any atom is -0.372 e. The Balaban J connectivity index is 1.78. The summed E-state index contributed by atoms with van der Waals surface area (Å²) in [6.45, 7) is -1.11. The molecule has 0 spiro atoms. The largest absolute Gasteiger partial charge is 0.411 e. The molecule has 0 aliphatic carbocycles. The molecule has 0 bridgehead atoms. The van der Waals surface area contributed by atoms with Gasteiger partial charge in [-0.2, -0.15) is 13.2 Å². The molecule has 4 nitrogen and oxygen atoms in total. The second kappa shape index (κ2) is 6.55. The van der Waals surface area contributed by atoms with Gasteiger partial charge >= 0.3 is 6.18 Å². The van der Waals surface area contributed by atoms with Crippen molar-refractivity contribution in [1.29, 1.82) is 0 Å². The first-order valence-electron chi connectivity index (χ1n) is 6.21. The molecule has 2 rings (SSSR count). The maximum absolute atomic E-state index is 11.9. The van der Waals surface area contributed by atoms with Crippen molar-refractivity contribution in [3.63, 3.8) is 0 Å². The molecular weight excluding hydrogens is 291 g/mol. The molecule has 0 aromatic carbocycles. The predicted octanol–water partition coefficient (Wildman–Crippen LogP) is 2.50. The zero-order chi connectivity index (χ0) is 14.6. The molecule has 0 saturated carbocycles. The molecule has 112 valence electrons. The first kappa shape index (κ1) is 15.3. The lowest BCUT2D eigenvalue weighted by molar-refractivity contribution is -0.174. The minimum atomic E-state index is -4.26. The fraction of sp³-hybridized carbons (Fsp3) is 0.583. The van der Waals surface area contributed by atoms with Gasteiger partial charge in [0.15, 0.2) is 4.96 Å². The molecule has 1 atom stereocenters. The monoisotopic (exact) mass is 307 g/mol. The Morgan fingerprint density at radius 1 is 1.50 bits per heavy atom. The summed E-state index contributed by atoms with van der Waals surface area (Å²) in [7, 11) is 1.78. The van der Waals surface area contributed by atoms with E-state index in [0.717, 1.165) is 10.7 Å². The van der Waals surface area contributed by atoms with Crippen molar-refractivity contribution in [3.05, 3.63) is 23.5 Å². The van der Waals surface area contributed by atoms with Gasteiger partial charge in [-0.05, 0) is 13.5 Å². The van der Waals surface area contributed by atoms with E-state index in [-0.39, 0.29) is 12.6 Å². The van der Waals surface area contributed by atoms with Crippen LogP contribution >= 0.6 is 11.3 Å². The van der Waals surface area contributed by atoms with E-state index in [9.17, 15) is 13.2 Å². The Hall–Kier alpha value is -1.12. The van der Waals surface area contributed by atoms with Crippen molar-refractivity contribution in [2.45, 2.75) is 25.1 Å². The van der Waals surface area contributed by atoms with E-state index in [0.29, 0.717) is 12.8 Å². The van der Waals surface area contributed by atoms with Gasteiger partial charge in [-0.15, -0.1) is 11.3 Å². The molecule has 20 heavy (non-hydrogen) atoms. The molecule has 8 heteroatoms. The van der Waals surface area contributed by atoms with Gasteiger partial charge in [0.2, 0.25) is 0 Å². The van der Waals surface area contributed by atoms with E-state index in [1.807, 2.05) is 22.2 Å². The fourth-order valence-corrected chi connectivity index (χ4v) is 2.61. The molecule has 0 aliphatic heterocycles. The second-order valence-corrected chi connectivity index (χ2v) is 5.34. The van der Waals surface area contributed by atoms with Gasteiger partial charge in [0.05, 0.1) is 5.69 Å². The molecular formula is C12H16F3N3OS. The molecule has 0 radical (unpaired) electrons. The molecule has 1 unspecified atom stereocenters. The molecule has 0 fully saturated rings. The number of hydrogen-bond donors (Lipinski definition) is 1. The number of halogens is 3. The average Bonchev–Trinajstić information content (AvgIpc) is 2.92. The highest BCUT2D eigenvalue weighted by Crippen LogP contribution is 2.15. The predicted molar refractivity (Wildman–Crippen MR) is 71.1 cm³/mol. The van der Waals surface area contributed by atoms with E-state index >= 15 is 0 Å². The number of nitrogens with zero attached hydrogens (tertiary/aromatic N) is 2. The van der Waals surface area contributed by atoms with Crippen LogP contribution < -0.4 is 5.32 Å². The number of imidazole rings is 1. The number of nitrogens with one attached hydrogen (secondary N) is 1. The first-order chi connectivity index (χ1) is 9.48. The molecule has 0 amide bonds. The van der Waals surface area contributed by atoms with Gasteiger partial charge in [-0.1, -0.05) is 0 Å². The van der Waals surface area contributed by atoms with E-state index in [1.165, 1.54) is 0 Å². The van der Waals surface area contributed by atoms with Crippen LogP contribution in [0.5, 0.6) is 0 Å². The van der Waals surface area contributed by atoms with Crippen molar-refractivity contribution < 1.29 is 17.9 Å². The average molecular weight is 307 g/mol. The van der Waals surface area contributed by atoms with Crippen LogP contribution in [0.4, 0.5) is 13.2 Å². The topological polar surface area (TPSA) is 38.6 Å². The van der Waals surface area contributed by atoms with Gasteiger partial charge in [-0.3, -0.25) is 4.40 Å². The van der Waals surface area contributed by atoms with Crippen molar-refractivity contribution in [2.24, 2.45) is 0 Å². The van der Waals surface area contributed by atoms with Crippen LogP contribution in [0.2, 0.25) is 0 Å². The Morgan fingerprint density at radius 2 is 2.30 bits per heavy atom. The number of aromatic nitrogens is 2. The number of hydrogen-bond acceptors (Lipinski definition) is 4. The Bertz CT molecular complexity index is 509. The molecule has 0 saturated heterocycles. The summed E-state index contributed by atoms with van der Waals surface area (Å²) in [5, 5.41) is 5.03. The van der Waals surface area contributed by atoms with E-state index in [2.05, 4.69) is 15.0 Å². The highest BCUT2D eigenvalue weighted by atomic mass is 32.1. The highest BCUT2D eigenvalue weighted by molar-refractivity contribution is 7.15. The molecule has 2 aromatic rings. The van der Waals surface area contributed by atoms with Crippen LogP contribution in [0.1, 0.15) is 12.1 Å². The van der Waals surface area contributed by atoms with Gasteiger partial charge < -0.3 is 10.1 Å². The number of alkyl halides is 3. The van der Waals surface area contributed by atoms with Crippen LogP contribution in [0, 0.1) is 0 Å². The zero-order valence-electron chi connectivity index (χ0n) is 11.0. The summed E-state index contributed by atoms with van der Waals surface area (Å²) in [4.78, 5) is 5.37. The fourth-order valence-electron chi connectivity index (χ4n) is 1.89. The summed E-state index contributed by atoms with van der Waals surface area (Å²) >= 11 is 1.55. The summed E-state index contributed by atoms with van der Waals surface area (Å²) in [6.07, 6.45) is 0.783. The molecule has 1 N–H and O–H groups in total. The van der Waals surface area contributed by atoms with Gasteiger partial charge in [-0.25, -0.2) is 4.98 Å². The summed E-state index contributed by atoms with van der Waals surface area (Å²) in [5.41, 5.74) is 0.923. The van der Waals surface area contributed by atoms with E-state index in [4.69, 9.17) is 0 Å². The number of likely N-dealkylation sites (N-methyl/N-ethyl adjacent to an activating group) is 1. The first-order valence-corrected chi connectivity index (χ1v) is 7.09. The summed E-state index contributed by atoms with van der Waals surface area (Å²) in [6, 6.07) is 0.0489. The quantitative estimate of drug-likeness (QED) is 0.799. The Kier molecular flexibility index (Phi) is 5.00. The van der Waals surface area contributed by atoms with Crippen LogP contribution in [0.3, 0.4) is 0 Å². The third-order valence-corrected chi connectivity index (χ3v) is 3.65. The van der Waals surface area contributed by atoms with Gasteiger partial charge in [0.25, 0.3) is 0 Å².